The summed E-state index contributed by atoms with van der Waals surface area (Å²) in [5.74, 6) is -0.375. The van der Waals surface area contributed by atoms with Crippen molar-refractivity contribution in [1.82, 2.24) is 9.99 Å². The summed E-state index contributed by atoms with van der Waals surface area (Å²) in [4.78, 5) is 12.5. The Morgan fingerprint density at radius 1 is 0.933 bits per heavy atom. The second-order valence-electron chi connectivity index (χ2n) is 6.58. The number of fused-ring (bicyclic) bond motifs is 1. The molecule has 0 aliphatic carbocycles. The molecule has 30 heavy (non-hydrogen) atoms. The Bertz CT molecular complexity index is 1240. The van der Waals surface area contributed by atoms with Crippen molar-refractivity contribution in [3.8, 4) is 5.69 Å². The maximum Gasteiger partial charge on any atom is 0.416 e. The number of hydrogen-bond donors (Lipinski definition) is 1. The van der Waals surface area contributed by atoms with Crippen LogP contribution < -0.4 is 5.43 Å². The highest BCUT2D eigenvalue weighted by molar-refractivity contribution is 6.07. The molecule has 1 heterocycles. The molecule has 0 fully saturated rings. The summed E-state index contributed by atoms with van der Waals surface area (Å²) in [7, 11) is 0. The second-order valence-corrected chi connectivity index (χ2v) is 6.58. The lowest BCUT2D eigenvalue weighted by atomic mass is 10.0. The Morgan fingerprint density at radius 2 is 1.70 bits per heavy atom. The van der Waals surface area contributed by atoms with Crippen LogP contribution in [0.4, 0.5) is 13.2 Å². The standard InChI is InChI=1S/C23H16F3N3O/c24-23(25,26)17-8-4-9-18(14-17)29-13-5-10-19(29)15-27-28-22(30)21-12-3-7-16-6-1-2-11-20(16)21/h1-15H,(H,28,30)/b27-15-. The van der Waals surface area contributed by atoms with Crippen LogP contribution in [0.5, 0.6) is 0 Å². The minimum Gasteiger partial charge on any atom is -0.316 e. The van der Waals surface area contributed by atoms with Crippen LogP contribution in [0, 0.1) is 0 Å². The van der Waals surface area contributed by atoms with Gasteiger partial charge >= 0.3 is 6.18 Å². The molecule has 7 heteroatoms. The number of halogens is 3. The number of alkyl halides is 3. The summed E-state index contributed by atoms with van der Waals surface area (Å²) in [6, 6.07) is 21.3. The first kappa shape index (κ1) is 19.4. The van der Waals surface area contributed by atoms with Gasteiger partial charge in [-0.3, -0.25) is 4.79 Å². The zero-order valence-electron chi connectivity index (χ0n) is 15.6. The lowest BCUT2D eigenvalue weighted by Crippen LogP contribution is -2.18. The van der Waals surface area contributed by atoms with Gasteiger partial charge in [0.2, 0.25) is 0 Å². The topological polar surface area (TPSA) is 46.4 Å². The molecular weight excluding hydrogens is 391 g/mol. The maximum absolute atomic E-state index is 13.0. The summed E-state index contributed by atoms with van der Waals surface area (Å²) in [6.07, 6.45) is -1.41. The Hall–Kier alpha value is -3.87. The van der Waals surface area contributed by atoms with Crippen LogP contribution in [-0.4, -0.2) is 16.7 Å². The van der Waals surface area contributed by atoms with Crippen molar-refractivity contribution in [2.45, 2.75) is 6.18 Å². The molecule has 0 bridgehead atoms. The summed E-state index contributed by atoms with van der Waals surface area (Å²) in [6.45, 7) is 0. The van der Waals surface area contributed by atoms with Gasteiger partial charge in [-0.05, 0) is 47.2 Å². The van der Waals surface area contributed by atoms with E-state index >= 15 is 0 Å². The van der Waals surface area contributed by atoms with Crippen LogP contribution in [0.2, 0.25) is 0 Å². The molecule has 0 atom stereocenters. The van der Waals surface area contributed by atoms with Crippen LogP contribution in [0.25, 0.3) is 16.5 Å². The zero-order valence-corrected chi connectivity index (χ0v) is 15.6. The maximum atomic E-state index is 13.0. The van der Waals surface area contributed by atoms with E-state index in [1.807, 2.05) is 30.3 Å². The molecule has 0 saturated heterocycles. The number of carbonyl (C=O) groups excluding carboxylic acids is 1. The van der Waals surface area contributed by atoms with Crippen molar-refractivity contribution in [3.63, 3.8) is 0 Å². The van der Waals surface area contributed by atoms with Gasteiger partial charge in [0.05, 0.1) is 17.5 Å². The molecule has 0 aliphatic heterocycles. The third-order valence-corrected chi connectivity index (χ3v) is 4.63. The Labute approximate surface area is 170 Å². The smallest absolute Gasteiger partial charge is 0.316 e. The molecule has 150 valence electrons. The minimum absolute atomic E-state index is 0.344. The average molecular weight is 407 g/mol. The van der Waals surface area contributed by atoms with Crippen molar-refractivity contribution >= 4 is 22.9 Å². The fourth-order valence-corrected chi connectivity index (χ4v) is 3.21. The van der Waals surface area contributed by atoms with E-state index < -0.39 is 11.7 Å². The number of hydrogen-bond acceptors (Lipinski definition) is 2. The van der Waals surface area contributed by atoms with E-state index in [1.54, 1.807) is 41.1 Å². The van der Waals surface area contributed by atoms with Gasteiger partial charge in [-0.15, -0.1) is 0 Å². The molecule has 0 aliphatic rings. The lowest BCUT2D eigenvalue weighted by Gasteiger charge is -2.11. The summed E-state index contributed by atoms with van der Waals surface area (Å²) in [5.41, 5.74) is 3.10. The number of hydrazone groups is 1. The van der Waals surface area contributed by atoms with Gasteiger partial charge in [-0.25, -0.2) is 5.43 Å². The molecule has 1 N–H and O–H groups in total. The lowest BCUT2D eigenvalue weighted by molar-refractivity contribution is -0.137. The monoisotopic (exact) mass is 407 g/mol. The van der Waals surface area contributed by atoms with E-state index in [1.165, 1.54) is 12.3 Å². The average Bonchev–Trinajstić information content (AvgIpc) is 3.21. The summed E-state index contributed by atoms with van der Waals surface area (Å²) < 4.78 is 40.5. The van der Waals surface area contributed by atoms with E-state index in [0.717, 1.165) is 22.9 Å². The van der Waals surface area contributed by atoms with E-state index in [4.69, 9.17) is 0 Å². The van der Waals surface area contributed by atoms with Crippen molar-refractivity contribution in [2.75, 3.05) is 0 Å². The van der Waals surface area contributed by atoms with Crippen LogP contribution in [-0.2, 0) is 6.18 Å². The van der Waals surface area contributed by atoms with E-state index in [9.17, 15) is 18.0 Å². The fraction of sp³-hybridized carbons (Fsp3) is 0.0435. The highest BCUT2D eigenvalue weighted by Gasteiger charge is 2.30. The third kappa shape index (κ3) is 3.96. The van der Waals surface area contributed by atoms with E-state index in [2.05, 4.69) is 10.5 Å². The quantitative estimate of drug-likeness (QED) is 0.357. The van der Waals surface area contributed by atoms with Crippen molar-refractivity contribution in [2.24, 2.45) is 5.10 Å². The second kappa shape index (κ2) is 7.87. The minimum atomic E-state index is -4.43. The number of rotatable bonds is 4. The molecule has 0 radical (unpaired) electrons. The van der Waals surface area contributed by atoms with Gasteiger partial charge in [0.25, 0.3) is 5.91 Å². The third-order valence-electron chi connectivity index (χ3n) is 4.63. The normalized spacial score (nSPS) is 11.8. The van der Waals surface area contributed by atoms with E-state index in [0.29, 0.717) is 16.9 Å². The Kier molecular flexibility index (Phi) is 5.10. The van der Waals surface area contributed by atoms with Crippen molar-refractivity contribution < 1.29 is 18.0 Å². The Balaban J connectivity index is 1.55. The Morgan fingerprint density at radius 3 is 2.53 bits per heavy atom. The number of benzene rings is 3. The SMILES string of the molecule is O=C(N/N=C\c1cccn1-c1cccc(C(F)(F)F)c1)c1cccc2ccccc12. The fourth-order valence-electron chi connectivity index (χ4n) is 3.21. The first-order valence-corrected chi connectivity index (χ1v) is 9.10. The molecule has 4 rings (SSSR count). The van der Waals surface area contributed by atoms with Crippen molar-refractivity contribution in [3.05, 3.63) is 102 Å². The molecule has 0 spiro atoms. The number of aromatic nitrogens is 1. The van der Waals surface area contributed by atoms with E-state index in [-0.39, 0.29) is 5.91 Å². The van der Waals surface area contributed by atoms with Gasteiger partial charge < -0.3 is 4.57 Å². The number of nitrogens with one attached hydrogen (secondary N) is 1. The molecule has 0 saturated carbocycles. The summed E-state index contributed by atoms with van der Waals surface area (Å²) >= 11 is 0. The largest absolute Gasteiger partial charge is 0.416 e. The zero-order chi connectivity index (χ0) is 21.1. The molecule has 4 nitrogen and oxygen atoms in total. The number of amides is 1. The number of carbonyl (C=O) groups is 1. The van der Waals surface area contributed by atoms with Crippen molar-refractivity contribution in [1.29, 1.82) is 0 Å². The molecular formula is C23H16F3N3O. The first-order valence-electron chi connectivity index (χ1n) is 9.10. The van der Waals surface area contributed by atoms with Gasteiger partial charge in [0, 0.05) is 17.4 Å². The van der Waals surface area contributed by atoms with Crippen LogP contribution in [0.1, 0.15) is 21.6 Å². The number of nitrogens with zero attached hydrogens (tertiary/aromatic N) is 2. The molecule has 1 aromatic heterocycles. The molecule has 1 amide bonds. The van der Waals surface area contributed by atoms with Gasteiger partial charge in [0.1, 0.15) is 0 Å². The van der Waals surface area contributed by atoms with Crippen LogP contribution in [0.3, 0.4) is 0 Å². The highest BCUT2D eigenvalue weighted by atomic mass is 19.4. The van der Waals surface area contributed by atoms with Crippen LogP contribution in [0.15, 0.2) is 90.2 Å². The van der Waals surface area contributed by atoms with Gasteiger partial charge in [-0.2, -0.15) is 18.3 Å². The molecule has 4 aromatic rings. The predicted octanol–water partition coefficient (Wildman–Crippen LogP) is 5.41. The molecule has 0 unspecified atom stereocenters. The van der Waals surface area contributed by atoms with Crippen LogP contribution >= 0.6 is 0 Å². The van der Waals surface area contributed by atoms with Gasteiger partial charge in [-0.1, -0.05) is 42.5 Å². The highest BCUT2D eigenvalue weighted by Crippen LogP contribution is 2.30. The molecule has 3 aromatic carbocycles. The summed E-state index contributed by atoms with van der Waals surface area (Å²) in [5, 5.41) is 5.73. The first-order chi connectivity index (χ1) is 14.4. The predicted molar refractivity (Wildman–Crippen MR) is 110 cm³/mol. The van der Waals surface area contributed by atoms with Gasteiger partial charge in [0.15, 0.2) is 0 Å².